The maximum atomic E-state index is 12.7. The summed E-state index contributed by atoms with van der Waals surface area (Å²) in [6.07, 6.45) is 2.03. The smallest absolute Gasteiger partial charge is 0.279 e. The van der Waals surface area contributed by atoms with Gasteiger partial charge in [-0.1, -0.05) is 6.07 Å². The van der Waals surface area contributed by atoms with Gasteiger partial charge in [0.05, 0.1) is 26.3 Å². The molecule has 3 rings (SSSR count). The highest BCUT2D eigenvalue weighted by Crippen LogP contribution is 2.31. The second-order valence-corrected chi connectivity index (χ2v) is 7.10. The van der Waals surface area contributed by atoms with Gasteiger partial charge in [0.1, 0.15) is 17.5 Å². The molecule has 1 aliphatic heterocycles. The van der Waals surface area contributed by atoms with Gasteiger partial charge in [-0.05, 0) is 36.4 Å². The number of nitrogens with one attached hydrogen (secondary N) is 3. The Bertz CT molecular complexity index is 884. The zero-order valence-electron chi connectivity index (χ0n) is 17.1. The molecule has 2 amide bonds. The van der Waals surface area contributed by atoms with Crippen LogP contribution < -0.4 is 25.0 Å². The van der Waals surface area contributed by atoms with Gasteiger partial charge in [0, 0.05) is 31.1 Å². The molecule has 1 heterocycles. The summed E-state index contributed by atoms with van der Waals surface area (Å²) in [5.74, 6) is 1.33. The highest BCUT2D eigenvalue weighted by atomic mass is 16.5. The van der Waals surface area contributed by atoms with Gasteiger partial charge in [-0.25, -0.2) is 0 Å². The van der Waals surface area contributed by atoms with Crippen molar-refractivity contribution < 1.29 is 24.0 Å². The standard InChI is InChI=1S/C22H27N3O4/c1-23-22(27)15-6-4-7-16(12-15)24-21(26)14-25-11-5-8-19(25)18-13-17(28-2)9-10-20(18)29-3/h4,6-7,9-10,12-13,19H,5,8,11,14H2,1-3H3,(H,23,27)(H,24,26)/p+1/t19-/m1/s1. The summed E-state index contributed by atoms with van der Waals surface area (Å²) in [5.41, 5.74) is 2.19. The first-order chi connectivity index (χ1) is 14.0. The van der Waals surface area contributed by atoms with E-state index in [-0.39, 0.29) is 17.9 Å². The van der Waals surface area contributed by atoms with E-state index in [1.165, 1.54) is 4.90 Å². The van der Waals surface area contributed by atoms with Crippen LogP contribution in [0.15, 0.2) is 42.5 Å². The van der Waals surface area contributed by atoms with Gasteiger partial charge in [0.2, 0.25) is 0 Å². The average molecular weight is 398 g/mol. The molecule has 7 heteroatoms. The third kappa shape index (κ3) is 4.86. The SMILES string of the molecule is CNC(=O)c1cccc(NC(=O)C[NH+]2CCC[C@@H]2c2cc(OC)ccc2OC)c1. The van der Waals surface area contributed by atoms with Crippen molar-refractivity contribution in [2.24, 2.45) is 0 Å². The van der Waals surface area contributed by atoms with Crippen molar-refractivity contribution in [3.05, 3.63) is 53.6 Å². The molecule has 154 valence electrons. The molecule has 0 radical (unpaired) electrons. The van der Waals surface area contributed by atoms with Crippen LogP contribution in [0.2, 0.25) is 0 Å². The molecular weight excluding hydrogens is 370 g/mol. The van der Waals surface area contributed by atoms with Gasteiger partial charge < -0.3 is 25.0 Å². The number of carbonyl (C=O) groups is 2. The minimum atomic E-state index is -0.184. The zero-order valence-corrected chi connectivity index (χ0v) is 17.1. The van der Waals surface area contributed by atoms with Crippen LogP contribution in [-0.4, -0.2) is 46.2 Å². The van der Waals surface area contributed by atoms with E-state index < -0.39 is 0 Å². The van der Waals surface area contributed by atoms with Gasteiger partial charge in [0.15, 0.2) is 6.54 Å². The molecule has 3 N–H and O–H groups in total. The number of rotatable bonds is 7. The Morgan fingerprint density at radius 1 is 1.14 bits per heavy atom. The number of carbonyl (C=O) groups excluding carboxylic acids is 2. The first kappa shape index (κ1) is 20.7. The topological polar surface area (TPSA) is 81.1 Å². The lowest BCUT2D eigenvalue weighted by Gasteiger charge is -2.23. The van der Waals surface area contributed by atoms with E-state index >= 15 is 0 Å². The summed E-state index contributed by atoms with van der Waals surface area (Å²) in [7, 11) is 4.88. The van der Waals surface area contributed by atoms with Crippen molar-refractivity contribution in [3.8, 4) is 11.5 Å². The van der Waals surface area contributed by atoms with Crippen LogP contribution in [0.3, 0.4) is 0 Å². The molecule has 1 unspecified atom stereocenters. The van der Waals surface area contributed by atoms with E-state index in [4.69, 9.17) is 9.47 Å². The number of methoxy groups -OCH3 is 2. The van der Waals surface area contributed by atoms with Gasteiger partial charge in [0.25, 0.3) is 11.8 Å². The molecule has 7 nitrogen and oxygen atoms in total. The second kappa shape index (κ2) is 9.43. The molecule has 29 heavy (non-hydrogen) atoms. The van der Waals surface area contributed by atoms with Gasteiger partial charge in [-0.15, -0.1) is 0 Å². The van der Waals surface area contributed by atoms with E-state index in [0.717, 1.165) is 36.4 Å². The van der Waals surface area contributed by atoms with E-state index in [0.29, 0.717) is 17.8 Å². The summed E-state index contributed by atoms with van der Waals surface area (Å²) >= 11 is 0. The lowest BCUT2D eigenvalue weighted by Crippen LogP contribution is -3.11. The minimum absolute atomic E-state index is 0.0807. The van der Waals surface area contributed by atoms with Crippen LogP contribution >= 0.6 is 0 Å². The van der Waals surface area contributed by atoms with Crippen molar-refractivity contribution in [1.82, 2.24) is 5.32 Å². The number of amides is 2. The second-order valence-electron chi connectivity index (χ2n) is 7.10. The first-order valence-electron chi connectivity index (χ1n) is 9.74. The molecule has 2 aromatic rings. The Morgan fingerprint density at radius 3 is 2.69 bits per heavy atom. The summed E-state index contributed by atoms with van der Waals surface area (Å²) in [6.45, 7) is 1.26. The van der Waals surface area contributed by atoms with Crippen LogP contribution in [0, 0.1) is 0 Å². The quantitative estimate of drug-likeness (QED) is 0.659. The molecular formula is C22H28N3O4+. The molecule has 2 atom stereocenters. The number of benzene rings is 2. The maximum Gasteiger partial charge on any atom is 0.279 e. The number of likely N-dealkylation sites (tertiary alicyclic amines) is 1. The number of hydrogen-bond donors (Lipinski definition) is 3. The Hall–Kier alpha value is -3.06. The van der Waals surface area contributed by atoms with Gasteiger partial charge >= 0.3 is 0 Å². The monoisotopic (exact) mass is 398 g/mol. The molecule has 0 aliphatic carbocycles. The molecule has 1 fully saturated rings. The van der Waals surface area contributed by atoms with Crippen molar-refractivity contribution in [2.45, 2.75) is 18.9 Å². The van der Waals surface area contributed by atoms with Crippen molar-refractivity contribution in [3.63, 3.8) is 0 Å². The molecule has 1 aliphatic rings. The van der Waals surface area contributed by atoms with Crippen molar-refractivity contribution in [2.75, 3.05) is 39.7 Å². The maximum absolute atomic E-state index is 12.7. The minimum Gasteiger partial charge on any atom is -0.497 e. The van der Waals surface area contributed by atoms with Crippen molar-refractivity contribution >= 4 is 17.5 Å². The summed E-state index contributed by atoms with van der Waals surface area (Å²) in [4.78, 5) is 25.7. The Kier molecular flexibility index (Phi) is 6.72. The van der Waals surface area contributed by atoms with Gasteiger partial charge in [-0.3, -0.25) is 9.59 Å². The highest BCUT2D eigenvalue weighted by molar-refractivity contribution is 5.97. The lowest BCUT2D eigenvalue weighted by molar-refractivity contribution is -0.910. The Labute approximate surface area is 171 Å². The number of ether oxygens (including phenoxy) is 2. The predicted octanol–water partition coefficient (Wildman–Crippen LogP) is 1.42. The largest absolute Gasteiger partial charge is 0.497 e. The molecule has 0 saturated carbocycles. The number of anilines is 1. The Morgan fingerprint density at radius 2 is 1.97 bits per heavy atom. The van der Waals surface area contributed by atoms with Crippen LogP contribution in [0.4, 0.5) is 5.69 Å². The van der Waals surface area contributed by atoms with Crippen LogP contribution in [0.1, 0.15) is 34.8 Å². The molecule has 2 aromatic carbocycles. The van der Waals surface area contributed by atoms with Gasteiger partial charge in [-0.2, -0.15) is 0 Å². The van der Waals surface area contributed by atoms with E-state index in [9.17, 15) is 9.59 Å². The van der Waals surface area contributed by atoms with E-state index in [2.05, 4.69) is 10.6 Å². The van der Waals surface area contributed by atoms with Crippen LogP contribution in [0.5, 0.6) is 11.5 Å². The first-order valence-corrected chi connectivity index (χ1v) is 9.74. The number of quaternary nitrogens is 1. The lowest BCUT2D eigenvalue weighted by atomic mass is 10.0. The third-order valence-corrected chi connectivity index (χ3v) is 5.32. The third-order valence-electron chi connectivity index (χ3n) is 5.32. The van der Waals surface area contributed by atoms with E-state index in [1.54, 1.807) is 45.5 Å². The van der Waals surface area contributed by atoms with Crippen LogP contribution in [0.25, 0.3) is 0 Å². The molecule has 1 saturated heterocycles. The fraction of sp³-hybridized carbons (Fsp3) is 0.364. The fourth-order valence-electron chi connectivity index (χ4n) is 3.90. The molecule has 0 spiro atoms. The van der Waals surface area contributed by atoms with Crippen LogP contribution in [-0.2, 0) is 4.79 Å². The normalized spacial score (nSPS) is 18.2. The zero-order chi connectivity index (χ0) is 20.8. The molecule has 0 bridgehead atoms. The Balaban J connectivity index is 1.71. The summed E-state index contributed by atoms with van der Waals surface area (Å²) in [5, 5.41) is 5.50. The molecule has 0 aromatic heterocycles. The number of hydrogen-bond acceptors (Lipinski definition) is 4. The average Bonchev–Trinajstić information content (AvgIpc) is 3.20. The summed E-state index contributed by atoms with van der Waals surface area (Å²) in [6, 6.07) is 12.9. The van der Waals surface area contributed by atoms with Crippen molar-refractivity contribution in [1.29, 1.82) is 0 Å². The van der Waals surface area contributed by atoms with E-state index in [1.807, 2.05) is 18.2 Å². The fourth-order valence-corrected chi connectivity index (χ4v) is 3.90. The summed E-state index contributed by atoms with van der Waals surface area (Å²) < 4.78 is 10.9. The predicted molar refractivity (Wildman–Crippen MR) is 111 cm³/mol. The highest BCUT2D eigenvalue weighted by Gasteiger charge is 2.34.